The number of hydrogen-bond acceptors (Lipinski definition) is 3. The van der Waals surface area contributed by atoms with Crippen LogP contribution >= 0.6 is 0 Å². The fraction of sp³-hybridized carbons (Fsp3) is 0.500. The van der Waals surface area contributed by atoms with Crippen molar-refractivity contribution in [3.63, 3.8) is 0 Å². The summed E-state index contributed by atoms with van der Waals surface area (Å²) in [5, 5.41) is 5.80. The molecule has 1 unspecified atom stereocenters. The number of nitrogens with one attached hydrogen (secondary N) is 2. The summed E-state index contributed by atoms with van der Waals surface area (Å²) >= 11 is 0. The lowest BCUT2D eigenvalue weighted by atomic mass is 10.1. The highest BCUT2D eigenvalue weighted by atomic mass is 19.1. The fourth-order valence-corrected chi connectivity index (χ4v) is 2.72. The van der Waals surface area contributed by atoms with Crippen molar-refractivity contribution in [2.75, 3.05) is 25.0 Å². The molecular weight excluding hydrogens is 285 g/mol. The Labute approximate surface area is 129 Å². The molecular formula is C16H22FN3O2. The number of anilines is 1. The molecule has 2 amide bonds. The molecule has 1 saturated heterocycles. The van der Waals surface area contributed by atoms with Crippen LogP contribution in [0.2, 0.25) is 0 Å². The Hall–Kier alpha value is -1.95. The van der Waals surface area contributed by atoms with Crippen LogP contribution in [0.15, 0.2) is 18.2 Å². The zero-order valence-corrected chi connectivity index (χ0v) is 13.0. The number of carbonyl (C=O) groups excluding carboxylic acids is 2. The van der Waals surface area contributed by atoms with Gasteiger partial charge in [0.1, 0.15) is 5.82 Å². The molecule has 0 radical (unpaired) electrons. The van der Waals surface area contributed by atoms with Gasteiger partial charge in [-0.3, -0.25) is 9.59 Å². The van der Waals surface area contributed by atoms with Crippen molar-refractivity contribution in [1.82, 2.24) is 10.2 Å². The first-order valence-electron chi connectivity index (χ1n) is 7.61. The normalized spacial score (nSPS) is 17.3. The van der Waals surface area contributed by atoms with Gasteiger partial charge in [-0.1, -0.05) is 6.92 Å². The van der Waals surface area contributed by atoms with Crippen molar-refractivity contribution in [1.29, 1.82) is 0 Å². The third-order valence-electron chi connectivity index (χ3n) is 3.72. The molecule has 0 spiro atoms. The second-order valence-corrected chi connectivity index (χ2v) is 5.52. The largest absolute Gasteiger partial charge is 0.334 e. The zero-order chi connectivity index (χ0) is 16.1. The van der Waals surface area contributed by atoms with Crippen LogP contribution in [0.1, 0.15) is 37.0 Å². The van der Waals surface area contributed by atoms with Gasteiger partial charge in [-0.2, -0.15) is 0 Å². The van der Waals surface area contributed by atoms with Crippen molar-refractivity contribution < 1.29 is 14.0 Å². The van der Waals surface area contributed by atoms with Gasteiger partial charge in [-0.25, -0.2) is 4.39 Å². The third kappa shape index (κ3) is 3.82. The smallest absolute Gasteiger partial charge is 0.257 e. The van der Waals surface area contributed by atoms with Gasteiger partial charge in [0.05, 0.1) is 5.56 Å². The first kappa shape index (κ1) is 16.4. The summed E-state index contributed by atoms with van der Waals surface area (Å²) in [6.07, 6.45) is 1.69. The molecule has 1 aliphatic heterocycles. The van der Waals surface area contributed by atoms with Gasteiger partial charge in [0, 0.05) is 31.7 Å². The number of nitrogens with zero attached hydrogens (tertiary/aromatic N) is 1. The number of rotatable bonds is 5. The molecule has 1 fully saturated rings. The SMILES string of the molecule is CCCN(C(=O)c1cc(NC(C)=O)ccc1F)C1CCNC1. The van der Waals surface area contributed by atoms with E-state index < -0.39 is 5.82 Å². The fourth-order valence-electron chi connectivity index (χ4n) is 2.72. The average molecular weight is 307 g/mol. The summed E-state index contributed by atoms with van der Waals surface area (Å²) in [4.78, 5) is 25.6. The number of halogens is 1. The quantitative estimate of drug-likeness (QED) is 0.874. The monoisotopic (exact) mass is 307 g/mol. The Morgan fingerprint density at radius 1 is 1.45 bits per heavy atom. The maximum absolute atomic E-state index is 14.1. The van der Waals surface area contributed by atoms with E-state index in [-0.39, 0.29) is 23.4 Å². The van der Waals surface area contributed by atoms with Crippen LogP contribution < -0.4 is 10.6 Å². The Bertz CT molecular complexity index is 556. The lowest BCUT2D eigenvalue weighted by molar-refractivity contribution is -0.114. The Morgan fingerprint density at radius 2 is 2.23 bits per heavy atom. The van der Waals surface area contributed by atoms with Gasteiger partial charge in [0.2, 0.25) is 5.91 Å². The summed E-state index contributed by atoms with van der Waals surface area (Å²) < 4.78 is 14.1. The number of amides is 2. The summed E-state index contributed by atoms with van der Waals surface area (Å²) in [5.74, 6) is -1.14. The van der Waals surface area contributed by atoms with Gasteiger partial charge in [0.25, 0.3) is 5.91 Å². The highest BCUT2D eigenvalue weighted by molar-refractivity contribution is 5.97. The van der Waals surface area contributed by atoms with Crippen LogP contribution in [0.3, 0.4) is 0 Å². The van der Waals surface area contributed by atoms with E-state index >= 15 is 0 Å². The summed E-state index contributed by atoms with van der Waals surface area (Å²) in [7, 11) is 0. The van der Waals surface area contributed by atoms with Crippen LogP contribution in [-0.2, 0) is 4.79 Å². The first-order valence-corrected chi connectivity index (χ1v) is 7.61. The highest BCUT2D eigenvalue weighted by Gasteiger charge is 2.28. The van der Waals surface area contributed by atoms with Crippen molar-refractivity contribution in [3.8, 4) is 0 Å². The molecule has 0 bridgehead atoms. The molecule has 1 aromatic rings. The van der Waals surface area contributed by atoms with Crippen LogP contribution in [0.25, 0.3) is 0 Å². The standard InChI is InChI=1S/C16H22FN3O2/c1-3-8-20(13-6-7-18-10-13)16(22)14-9-12(19-11(2)21)4-5-15(14)17/h4-5,9,13,18H,3,6-8,10H2,1-2H3,(H,19,21). The molecule has 0 aliphatic carbocycles. The summed E-state index contributed by atoms with van der Waals surface area (Å²) in [5.41, 5.74) is 0.435. The lowest BCUT2D eigenvalue weighted by Crippen LogP contribution is -2.42. The summed E-state index contributed by atoms with van der Waals surface area (Å²) in [6.45, 7) is 5.56. The molecule has 5 nitrogen and oxygen atoms in total. The number of hydrogen-bond donors (Lipinski definition) is 2. The lowest BCUT2D eigenvalue weighted by Gasteiger charge is -2.28. The number of carbonyl (C=O) groups is 2. The van der Waals surface area contributed by atoms with Crippen molar-refractivity contribution in [2.24, 2.45) is 0 Å². The van der Waals surface area contributed by atoms with E-state index in [1.54, 1.807) is 4.90 Å². The van der Waals surface area contributed by atoms with Crippen molar-refractivity contribution >= 4 is 17.5 Å². The van der Waals surface area contributed by atoms with E-state index in [2.05, 4.69) is 10.6 Å². The van der Waals surface area contributed by atoms with E-state index in [9.17, 15) is 14.0 Å². The Balaban J connectivity index is 2.26. The van der Waals surface area contributed by atoms with Crippen LogP contribution in [0, 0.1) is 5.82 Å². The molecule has 1 aliphatic rings. The highest BCUT2D eigenvalue weighted by Crippen LogP contribution is 2.20. The minimum Gasteiger partial charge on any atom is -0.334 e. The van der Waals surface area contributed by atoms with E-state index in [0.29, 0.717) is 12.2 Å². The molecule has 1 aromatic carbocycles. The molecule has 22 heavy (non-hydrogen) atoms. The molecule has 0 aromatic heterocycles. The zero-order valence-electron chi connectivity index (χ0n) is 13.0. The molecule has 2 N–H and O–H groups in total. The molecule has 6 heteroatoms. The topological polar surface area (TPSA) is 61.4 Å². The van der Waals surface area contributed by atoms with Crippen LogP contribution in [0.4, 0.5) is 10.1 Å². The van der Waals surface area contributed by atoms with Gasteiger partial charge < -0.3 is 15.5 Å². The number of benzene rings is 1. The van der Waals surface area contributed by atoms with E-state index in [0.717, 1.165) is 25.9 Å². The maximum atomic E-state index is 14.1. The third-order valence-corrected chi connectivity index (χ3v) is 3.72. The molecule has 2 rings (SSSR count). The predicted molar refractivity (Wildman–Crippen MR) is 83.3 cm³/mol. The van der Waals surface area contributed by atoms with Crippen molar-refractivity contribution in [3.05, 3.63) is 29.6 Å². The van der Waals surface area contributed by atoms with Crippen molar-refractivity contribution in [2.45, 2.75) is 32.7 Å². The summed E-state index contributed by atoms with van der Waals surface area (Å²) in [6, 6.07) is 4.17. The molecule has 1 heterocycles. The second-order valence-electron chi connectivity index (χ2n) is 5.52. The molecule has 1 atom stereocenters. The second kappa shape index (κ2) is 7.35. The van der Waals surface area contributed by atoms with Gasteiger partial charge in [-0.15, -0.1) is 0 Å². The van der Waals surface area contributed by atoms with Gasteiger partial charge >= 0.3 is 0 Å². The van der Waals surface area contributed by atoms with E-state index in [1.807, 2.05) is 6.92 Å². The molecule has 120 valence electrons. The molecule has 0 saturated carbocycles. The van der Waals surface area contributed by atoms with Gasteiger partial charge in [0.15, 0.2) is 0 Å². The van der Waals surface area contributed by atoms with Crippen LogP contribution in [-0.4, -0.2) is 42.4 Å². The Morgan fingerprint density at radius 3 is 2.82 bits per heavy atom. The minimum absolute atomic E-state index is 0.00611. The first-order chi connectivity index (χ1) is 10.5. The predicted octanol–water partition coefficient (Wildman–Crippen LogP) is 2.00. The Kier molecular flexibility index (Phi) is 5.49. The van der Waals surface area contributed by atoms with E-state index in [4.69, 9.17) is 0 Å². The maximum Gasteiger partial charge on any atom is 0.257 e. The van der Waals surface area contributed by atoms with Crippen LogP contribution in [0.5, 0.6) is 0 Å². The van der Waals surface area contributed by atoms with E-state index in [1.165, 1.54) is 25.1 Å². The van der Waals surface area contributed by atoms with Gasteiger partial charge in [-0.05, 0) is 37.6 Å². The minimum atomic E-state index is -0.564. The average Bonchev–Trinajstić information content (AvgIpc) is 2.99.